The number of ether oxygens (including phenoxy) is 1. The van der Waals surface area contributed by atoms with Crippen molar-refractivity contribution in [3.05, 3.63) is 124 Å². The second-order valence-electron chi connectivity index (χ2n) is 13.7. The third kappa shape index (κ3) is 10.6. The number of amides is 2. The number of piperidine rings is 1. The zero-order chi connectivity index (χ0) is 37.2. The molecule has 0 aliphatic carbocycles. The van der Waals surface area contributed by atoms with Crippen LogP contribution in [0.2, 0.25) is 5.02 Å². The Labute approximate surface area is 320 Å². The van der Waals surface area contributed by atoms with E-state index in [-0.39, 0.29) is 30.1 Å². The number of alkyl carbamates (subject to hydrolysis) is 1. The van der Waals surface area contributed by atoms with Crippen molar-refractivity contribution in [3.63, 3.8) is 0 Å². The summed E-state index contributed by atoms with van der Waals surface area (Å²) in [4.78, 5) is 34.8. The topological polar surface area (TPSA) is 65.1 Å². The van der Waals surface area contributed by atoms with Crippen LogP contribution < -0.4 is 5.32 Å². The second-order valence-corrected chi connectivity index (χ2v) is 15.4. The molecule has 11 heteroatoms. The van der Waals surface area contributed by atoms with Gasteiger partial charge in [-0.2, -0.15) is 0 Å². The van der Waals surface area contributed by atoms with Crippen molar-refractivity contribution >= 4 is 35.4 Å². The molecule has 0 spiro atoms. The highest BCUT2D eigenvalue weighted by Gasteiger charge is 2.36. The fourth-order valence-corrected chi connectivity index (χ4v) is 8.31. The number of hydrogen-bond acceptors (Lipinski definition) is 6. The van der Waals surface area contributed by atoms with Crippen LogP contribution in [0.4, 0.5) is 13.6 Å². The van der Waals surface area contributed by atoms with Crippen molar-refractivity contribution < 1.29 is 23.1 Å². The van der Waals surface area contributed by atoms with Crippen molar-refractivity contribution in [2.45, 2.75) is 50.3 Å². The number of benzene rings is 4. The molecule has 1 N–H and O–H groups in total. The van der Waals surface area contributed by atoms with Gasteiger partial charge in [0.2, 0.25) is 5.91 Å². The first kappa shape index (κ1) is 38.8. The fourth-order valence-electron chi connectivity index (χ4n) is 7.29. The number of halogens is 3. The number of rotatable bonds is 13. The maximum atomic E-state index is 14.7. The summed E-state index contributed by atoms with van der Waals surface area (Å²) in [5, 5.41) is 3.58. The van der Waals surface area contributed by atoms with E-state index in [0.717, 1.165) is 65.4 Å². The molecule has 4 aromatic rings. The third-order valence-electron chi connectivity index (χ3n) is 10.2. The predicted octanol–water partition coefficient (Wildman–Crippen LogP) is 8.29. The van der Waals surface area contributed by atoms with Crippen LogP contribution >= 0.6 is 23.4 Å². The highest BCUT2D eigenvalue weighted by atomic mass is 35.5. The van der Waals surface area contributed by atoms with Gasteiger partial charge in [-0.15, -0.1) is 11.8 Å². The molecule has 0 radical (unpaired) electrons. The van der Waals surface area contributed by atoms with Gasteiger partial charge >= 0.3 is 6.09 Å². The number of carbonyl (C=O) groups excluding carboxylic acids is 2. The molecule has 2 fully saturated rings. The molecular weight excluding hydrogens is 714 g/mol. The van der Waals surface area contributed by atoms with E-state index < -0.39 is 12.1 Å². The van der Waals surface area contributed by atoms with Gasteiger partial charge in [-0.05, 0) is 96.6 Å². The van der Waals surface area contributed by atoms with Crippen LogP contribution in [-0.4, -0.2) is 84.3 Å². The predicted molar refractivity (Wildman–Crippen MR) is 208 cm³/mol. The summed E-state index contributed by atoms with van der Waals surface area (Å²) in [7, 11) is 0. The van der Waals surface area contributed by atoms with Gasteiger partial charge in [0.1, 0.15) is 24.3 Å². The number of hydrogen-bond donors (Lipinski definition) is 1. The van der Waals surface area contributed by atoms with Crippen molar-refractivity contribution in [2.75, 3.05) is 51.6 Å². The van der Waals surface area contributed by atoms with Gasteiger partial charge in [0.25, 0.3) is 0 Å². The molecule has 6 rings (SSSR count). The fraction of sp³-hybridized carbons (Fsp3) is 0.381. The quantitative estimate of drug-likeness (QED) is 0.139. The molecule has 0 saturated carbocycles. The van der Waals surface area contributed by atoms with E-state index in [9.17, 15) is 18.4 Å². The van der Waals surface area contributed by atoms with E-state index >= 15 is 0 Å². The first-order chi connectivity index (χ1) is 25.8. The monoisotopic (exact) mass is 760 g/mol. The number of nitrogens with zero attached hydrogens (tertiary/aromatic N) is 3. The Hall–Kier alpha value is -3.96. The van der Waals surface area contributed by atoms with Gasteiger partial charge < -0.3 is 19.9 Å². The van der Waals surface area contributed by atoms with Gasteiger partial charge in [0.15, 0.2) is 0 Å². The molecule has 2 aliphatic heterocycles. The molecule has 0 bridgehead atoms. The van der Waals surface area contributed by atoms with Crippen LogP contribution in [0.3, 0.4) is 0 Å². The third-order valence-corrected chi connectivity index (χ3v) is 11.4. The van der Waals surface area contributed by atoms with Crippen molar-refractivity contribution in [1.29, 1.82) is 0 Å². The Kier molecular flexibility index (Phi) is 13.8. The summed E-state index contributed by atoms with van der Waals surface area (Å²) >= 11 is 8.01. The lowest BCUT2D eigenvalue weighted by atomic mass is 9.88. The maximum Gasteiger partial charge on any atom is 0.408 e. The summed E-state index contributed by atoms with van der Waals surface area (Å²) in [6, 6.07) is 26.1. The zero-order valence-electron chi connectivity index (χ0n) is 30.1. The molecule has 2 heterocycles. The van der Waals surface area contributed by atoms with Crippen LogP contribution in [-0.2, 0) is 29.1 Å². The molecule has 280 valence electrons. The van der Waals surface area contributed by atoms with Gasteiger partial charge in [-0.1, -0.05) is 79.2 Å². The van der Waals surface area contributed by atoms with Crippen LogP contribution in [0.15, 0.2) is 95.9 Å². The molecule has 53 heavy (non-hydrogen) atoms. The van der Waals surface area contributed by atoms with E-state index in [1.165, 1.54) is 12.1 Å². The molecule has 2 aliphatic rings. The maximum absolute atomic E-state index is 14.7. The minimum atomic E-state index is -0.711. The van der Waals surface area contributed by atoms with E-state index in [2.05, 4.69) is 22.0 Å². The van der Waals surface area contributed by atoms with Crippen LogP contribution in [0, 0.1) is 17.6 Å². The standard InChI is InChI=1S/C42H47ClF2N4O3S/c1-2-53-39-27-35(44)14-12-33(39)28-48-22-24-49(25-23-48)41(50)40(46-42(51)52-29-30-8-4-3-5-9-30)31-16-19-47(20-17-31)21-18-32-26-34(43)13-15-36(32)37-10-6-7-11-38(37)45/h3-15,26-27,31,40H,2,16-25,28-29H2,1H3,(H,46,51)/t40-/m1/s1. The molecule has 2 amide bonds. The lowest BCUT2D eigenvalue weighted by Gasteiger charge is -2.40. The highest BCUT2D eigenvalue weighted by molar-refractivity contribution is 7.99. The minimum absolute atomic E-state index is 0.0611. The molecule has 7 nitrogen and oxygen atoms in total. The Morgan fingerprint density at radius 2 is 1.58 bits per heavy atom. The highest BCUT2D eigenvalue weighted by Crippen LogP contribution is 2.30. The molecule has 0 unspecified atom stereocenters. The summed E-state index contributed by atoms with van der Waals surface area (Å²) in [5.41, 5.74) is 4.34. The molecular formula is C42H47ClF2N4O3S. The first-order valence-electron chi connectivity index (χ1n) is 18.4. The van der Waals surface area contributed by atoms with Gasteiger partial charge in [0.05, 0.1) is 0 Å². The van der Waals surface area contributed by atoms with Crippen LogP contribution in [0.25, 0.3) is 11.1 Å². The Morgan fingerprint density at radius 1 is 0.849 bits per heavy atom. The number of nitrogens with one attached hydrogen (secondary N) is 1. The summed E-state index contributed by atoms with van der Waals surface area (Å²) in [5.74, 6) is 0.211. The van der Waals surface area contributed by atoms with E-state index in [0.29, 0.717) is 49.7 Å². The Balaban J connectivity index is 1.08. The summed E-state index contributed by atoms with van der Waals surface area (Å²) < 4.78 is 34.2. The van der Waals surface area contributed by atoms with E-state index in [4.69, 9.17) is 16.3 Å². The normalized spacial score (nSPS) is 16.3. The Morgan fingerprint density at radius 3 is 2.32 bits per heavy atom. The number of carbonyl (C=O) groups is 2. The average molecular weight is 761 g/mol. The number of piperazine rings is 1. The van der Waals surface area contributed by atoms with Gasteiger partial charge in [-0.25, -0.2) is 13.6 Å². The van der Waals surface area contributed by atoms with Crippen molar-refractivity contribution in [1.82, 2.24) is 20.0 Å². The largest absolute Gasteiger partial charge is 0.445 e. The molecule has 0 aromatic heterocycles. The lowest BCUT2D eigenvalue weighted by Crippen LogP contribution is -2.58. The molecule has 1 atom stereocenters. The van der Waals surface area contributed by atoms with Crippen molar-refractivity contribution in [3.8, 4) is 11.1 Å². The number of likely N-dealkylation sites (tertiary alicyclic amines) is 1. The first-order valence-corrected chi connectivity index (χ1v) is 19.8. The van der Waals surface area contributed by atoms with Crippen LogP contribution in [0.5, 0.6) is 0 Å². The van der Waals surface area contributed by atoms with E-state index in [1.807, 2.05) is 59.5 Å². The average Bonchev–Trinajstić information content (AvgIpc) is 3.17. The second kappa shape index (κ2) is 18.9. The zero-order valence-corrected chi connectivity index (χ0v) is 31.7. The molecule has 2 saturated heterocycles. The summed E-state index contributed by atoms with van der Waals surface area (Å²) in [6.07, 6.45) is 1.55. The Bertz CT molecular complexity index is 1830. The van der Waals surface area contributed by atoms with E-state index in [1.54, 1.807) is 36.0 Å². The summed E-state index contributed by atoms with van der Waals surface area (Å²) in [6.45, 7) is 7.58. The SMILES string of the molecule is CCSc1cc(F)ccc1CN1CCN(C(=O)[C@H](NC(=O)OCc2ccccc2)C2CCN(CCc3cc(Cl)ccc3-c3ccccc3F)CC2)CC1. The van der Waals surface area contributed by atoms with Gasteiger partial charge in [-0.3, -0.25) is 9.69 Å². The van der Waals surface area contributed by atoms with Gasteiger partial charge in [0, 0.05) is 54.8 Å². The van der Waals surface area contributed by atoms with Crippen LogP contribution in [0.1, 0.15) is 36.5 Å². The lowest BCUT2D eigenvalue weighted by molar-refractivity contribution is -0.137. The minimum Gasteiger partial charge on any atom is -0.445 e. The molecule has 4 aromatic carbocycles. The number of thioether (sulfide) groups is 1. The van der Waals surface area contributed by atoms with Crippen molar-refractivity contribution in [2.24, 2.45) is 5.92 Å². The smallest absolute Gasteiger partial charge is 0.408 e.